The van der Waals surface area contributed by atoms with E-state index in [4.69, 9.17) is 44.0 Å². The summed E-state index contributed by atoms with van der Waals surface area (Å²) in [4.78, 5) is 15.1. The number of rotatable bonds is 15. The molecule has 1 N–H and O–H groups in total. The molecule has 0 spiro atoms. The molecule has 33 heavy (non-hydrogen) atoms. The van der Waals surface area contributed by atoms with Gasteiger partial charge in [0.2, 0.25) is 0 Å². The second-order valence-corrected chi connectivity index (χ2v) is 9.59. The lowest BCUT2D eigenvalue weighted by Gasteiger charge is -2.26. The average Bonchev–Trinajstić information content (AvgIpc) is 3.22. The van der Waals surface area contributed by atoms with Crippen molar-refractivity contribution in [2.24, 2.45) is 0 Å². The van der Waals surface area contributed by atoms with Crippen molar-refractivity contribution in [1.29, 1.82) is 0 Å². The van der Waals surface area contributed by atoms with E-state index < -0.39 is 0 Å². The molecule has 1 aromatic heterocycles. The van der Waals surface area contributed by atoms with Crippen molar-refractivity contribution in [3.8, 4) is 5.75 Å². The molecule has 0 saturated carbocycles. The molecule has 8 heteroatoms. The Morgan fingerprint density at radius 1 is 1.03 bits per heavy atom. The van der Waals surface area contributed by atoms with Gasteiger partial charge in [-0.1, -0.05) is 74.3 Å². The maximum Gasteiger partial charge on any atom is 0.287 e. The Morgan fingerprint density at radius 3 is 2.21 bits per heavy atom. The molecule has 1 atom stereocenters. The number of furan rings is 1. The molecule has 0 saturated heterocycles. The number of benzene rings is 1. The first-order valence-electron chi connectivity index (χ1n) is 11.7. The van der Waals surface area contributed by atoms with E-state index in [2.05, 4.69) is 24.1 Å². The van der Waals surface area contributed by atoms with Gasteiger partial charge in [0.05, 0.1) is 10.0 Å². The fraction of sp³-hybridized carbons (Fsp3) is 0.560. The highest BCUT2D eigenvalue weighted by atomic mass is 35.5. The Kier molecular flexibility index (Phi) is 12.5. The minimum Gasteiger partial charge on any atom is -0.483 e. The van der Waals surface area contributed by atoms with Crippen molar-refractivity contribution in [3.63, 3.8) is 0 Å². The summed E-state index contributed by atoms with van der Waals surface area (Å²) in [5.41, 5.74) is 0. The lowest BCUT2D eigenvalue weighted by atomic mass is 10.2. The molecule has 0 radical (unpaired) electrons. The van der Waals surface area contributed by atoms with Gasteiger partial charge in [0, 0.05) is 17.6 Å². The Bertz CT molecular complexity index is 839. The van der Waals surface area contributed by atoms with Crippen LogP contribution in [0.4, 0.5) is 0 Å². The largest absolute Gasteiger partial charge is 0.483 e. The number of nitrogens with one attached hydrogen (secondary N) is 1. The van der Waals surface area contributed by atoms with Crippen LogP contribution in [0, 0.1) is 0 Å². The molecule has 1 aromatic carbocycles. The van der Waals surface area contributed by atoms with E-state index in [0.717, 1.165) is 19.6 Å². The number of nitrogens with zero attached hydrogens (tertiary/aromatic N) is 1. The topological polar surface area (TPSA) is 54.7 Å². The summed E-state index contributed by atoms with van der Waals surface area (Å²) < 4.78 is 11.3. The van der Waals surface area contributed by atoms with Crippen LogP contribution >= 0.6 is 34.8 Å². The molecule has 5 nitrogen and oxygen atoms in total. The van der Waals surface area contributed by atoms with Crippen LogP contribution in [-0.2, 0) is 6.61 Å². The highest BCUT2D eigenvalue weighted by Gasteiger charge is 2.17. The molecule has 2 rings (SSSR count). The van der Waals surface area contributed by atoms with Gasteiger partial charge in [-0.25, -0.2) is 0 Å². The summed E-state index contributed by atoms with van der Waals surface area (Å²) in [6.07, 6.45) is 7.24. The quantitative estimate of drug-likeness (QED) is 0.247. The molecular weight excluding hydrogens is 483 g/mol. The fourth-order valence-electron chi connectivity index (χ4n) is 3.58. The third kappa shape index (κ3) is 9.78. The minimum absolute atomic E-state index is 0.0113. The second kappa shape index (κ2) is 14.8. The number of hydrogen-bond acceptors (Lipinski definition) is 4. The number of halogens is 3. The van der Waals surface area contributed by atoms with E-state index in [-0.39, 0.29) is 24.3 Å². The first kappa shape index (κ1) is 27.8. The van der Waals surface area contributed by atoms with E-state index in [1.807, 2.05) is 6.92 Å². The highest BCUT2D eigenvalue weighted by molar-refractivity contribution is 6.40. The molecule has 0 fully saturated rings. The number of amides is 1. The van der Waals surface area contributed by atoms with Gasteiger partial charge in [-0.05, 0) is 57.1 Å². The summed E-state index contributed by atoms with van der Waals surface area (Å²) in [7, 11) is 0. The summed E-state index contributed by atoms with van der Waals surface area (Å²) in [5, 5.41) is 4.10. The third-order valence-electron chi connectivity index (χ3n) is 5.27. The minimum atomic E-state index is -0.238. The normalized spacial score (nSPS) is 12.2. The maximum absolute atomic E-state index is 12.7. The van der Waals surface area contributed by atoms with Crippen LogP contribution in [0.15, 0.2) is 28.7 Å². The summed E-state index contributed by atoms with van der Waals surface area (Å²) in [5.74, 6) is 0.830. The van der Waals surface area contributed by atoms with Crippen LogP contribution in [0.3, 0.4) is 0 Å². The van der Waals surface area contributed by atoms with Gasteiger partial charge < -0.3 is 19.4 Å². The first-order chi connectivity index (χ1) is 15.8. The smallest absolute Gasteiger partial charge is 0.287 e. The van der Waals surface area contributed by atoms with Crippen LogP contribution in [0.25, 0.3) is 0 Å². The summed E-state index contributed by atoms with van der Waals surface area (Å²) in [6.45, 7) is 9.50. The first-order valence-corrected chi connectivity index (χ1v) is 12.9. The highest BCUT2D eigenvalue weighted by Crippen LogP contribution is 2.36. The molecule has 1 heterocycles. The van der Waals surface area contributed by atoms with Gasteiger partial charge in [-0.3, -0.25) is 4.79 Å². The van der Waals surface area contributed by atoms with E-state index in [0.29, 0.717) is 26.6 Å². The monoisotopic (exact) mass is 516 g/mol. The van der Waals surface area contributed by atoms with Crippen LogP contribution in [-0.4, -0.2) is 36.5 Å². The maximum atomic E-state index is 12.7. The van der Waals surface area contributed by atoms with Crippen LogP contribution < -0.4 is 10.1 Å². The molecule has 0 aliphatic heterocycles. The lowest BCUT2D eigenvalue weighted by Crippen LogP contribution is -2.42. The molecule has 1 unspecified atom stereocenters. The van der Waals surface area contributed by atoms with E-state index >= 15 is 0 Å². The number of ether oxygens (including phenoxy) is 1. The van der Waals surface area contributed by atoms with Crippen molar-refractivity contribution in [1.82, 2.24) is 10.2 Å². The molecule has 0 aliphatic rings. The second-order valence-electron chi connectivity index (χ2n) is 8.34. The Balaban J connectivity index is 1.87. The standard InChI is InChI=1S/C25H35Cl3N2O3/c1-4-6-8-12-30(13-9-7-5-2)16-18(3)29-25(31)23-11-10-20(33-23)17-32-24-21(27)14-19(26)15-22(24)28/h10-11,14-15,18H,4-9,12-13,16-17H2,1-3H3,(H,29,31). The van der Waals surface area contributed by atoms with Gasteiger partial charge in [0.25, 0.3) is 5.91 Å². The van der Waals surface area contributed by atoms with E-state index in [1.165, 1.54) is 38.5 Å². The fourth-order valence-corrected chi connectivity index (χ4v) is 4.51. The van der Waals surface area contributed by atoms with Crippen LogP contribution in [0.1, 0.15) is 75.6 Å². The van der Waals surface area contributed by atoms with Gasteiger partial charge in [0.1, 0.15) is 12.4 Å². The molecule has 0 bridgehead atoms. The van der Waals surface area contributed by atoms with E-state index in [9.17, 15) is 4.79 Å². The zero-order valence-corrected chi connectivity index (χ0v) is 22.0. The number of unbranched alkanes of at least 4 members (excludes halogenated alkanes) is 4. The Labute approximate surface area is 212 Å². The van der Waals surface area contributed by atoms with Crippen LogP contribution in [0.2, 0.25) is 15.1 Å². The SMILES string of the molecule is CCCCCN(CCCCC)CC(C)NC(=O)c1ccc(COc2c(Cl)cc(Cl)cc2Cl)o1. The molecular formula is C25H35Cl3N2O3. The van der Waals surface area contributed by atoms with Crippen LogP contribution in [0.5, 0.6) is 5.75 Å². The molecule has 0 aliphatic carbocycles. The third-order valence-corrected chi connectivity index (χ3v) is 6.05. The van der Waals surface area contributed by atoms with Gasteiger partial charge in [0.15, 0.2) is 11.5 Å². The Hall–Kier alpha value is -1.40. The van der Waals surface area contributed by atoms with Gasteiger partial charge in [-0.2, -0.15) is 0 Å². The number of hydrogen-bond donors (Lipinski definition) is 1. The number of carbonyl (C=O) groups is 1. The van der Waals surface area contributed by atoms with Crippen molar-refractivity contribution >= 4 is 40.7 Å². The van der Waals surface area contributed by atoms with Crippen molar-refractivity contribution in [2.45, 2.75) is 71.9 Å². The molecule has 184 valence electrons. The van der Waals surface area contributed by atoms with E-state index in [1.54, 1.807) is 24.3 Å². The lowest BCUT2D eigenvalue weighted by molar-refractivity contribution is 0.0896. The summed E-state index contributed by atoms with van der Waals surface area (Å²) >= 11 is 18.2. The van der Waals surface area contributed by atoms with Crippen molar-refractivity contribution < 1.29 is 13.9 Å². The zero-order valence-electron chi connectivity index (χ0n) is 19.8. The average molecular weight is 518 g/mol. The van der Waals surface area contributed by atoms with Gasteiger partial charge >= 0.3 is 0 Å². The van der Waals surface area contributed by atoms with Crippen molar-refractivity contribution in [3.05, 3.63) is 50.9 Å². The number of carbonyl (C=O) groups excluding carboxylic acids is 1. The Morgan fingerprint density at radius 2 is 1.64 bits per heavy atom. The molecule has 1 amide bonds. The predicted molar refractivity (Wildman–Crippen MR) is 137 cm³/mol. The van der Waals surface area contributed by atoms with Crippen molar-refractivity contribution in [2.75, 3.05) is 19.6 Å². The van der Waals surface area contributed by atoms with Gasteiger partial charge in [-0.15, -0.1) is 0 Å². The predicted octanol–water partition coefficient (Wildman–Crippen LogP) is 7.62. The molecule has 2 aromatic rings. The zero-order chi connectivity index (χ0) is 24.2. The summed E-state index contributed by atoms with van der Waals surface area (Å²) in [6, 6.07) is 6.48.